The highest BCUT2D eigenvalue weighted by Gasteiger charge is 2.86. The zero-order chi connectivity index (χ0) is 12.1. The second kappa shape index (κ2) is 2.42. The van der Waals surface area contributed by atoms with Crippen LogP contribution in [0.1, 0.15) is 52.4 Å². The summed E-state index contributed by atoms with van der Waals surface area (Å²) < 4.78 is 5.79. The van der Waals surface area contributed by atoms with Crippen molar-refractivity contribution in [2.24, 2.45) is 16.7 Å². The van der Waals surface area contributed by atoms with Gasteiger partial charge in [0, 0.05) is 6.42 Å². The number of rotatable bonds is 2. The van der Waals surface area contributed by atoms with E-state index >= 15 is 0 Å². The van der Waals surface area contributed by atoms with Crippen LogP contribution in [0.5, 0.6) is 0 Å². The molecule has 0 amide bonds. The normalized spacial score (nSPS) is 57.4. The highest BCUT2D eigenvalue weighted by atomic mass is 16.6. The van der Waals surface area contributed by atoms with Crippen LogP contribution in [-0.4, -0.2) is 22.3 Å². The Kier molecular flexibility index (Phi) is 1.48. The maximum Gasteiger partial charge on any atom is 0.308 e. The predicted octanol–water partition coefficient (Wildman–Crippen LogP) is 2.02. The summed E-state index contributed by atoms with van der Waals surface area (Å²) >= 11 is 0. The first-order chi connectivity index (χ1) is 7.82. The molecule has 5 aliphatic carbocycles. The lowest BCUT2D eigenvalue weighted by Gasteiger charge is -2.47. The summed E-state index contributed by atoms with van der Waals surface area (Å²) in [7, 11) is 0. The molecule has 3 heteroatoms. The van der Waals surface area contributed by atoms with Gasteiger partial charge in [-0.1, -0.05) is 13.8 Å². The SMILES string of the molecule is CC(C)C(=O)OC12CC3(O)CC4(C1)CC4(C3)C2. The smallest absolute Gasteiger partial charge is 0.308 e. The minimum atomic E-state index is -0.522. The molecule has 0 aliphatic heterocycles. The number of esters is 1. The molecule has 0 aromatic carbocycles. The molecule has 0 heterocycles. The van der Waals surface area contributed by atoms with Crippen LogP contribution in [0.25, 0.3) is 0 Å². The lowest BCUT2D eigenvalue weighted by atomic mass is 9.68. The number of hydrogen-bond acceptors (Lipinski definition) is 3. The Bertz CT molecular complexity index is 402. The summed E-state index contributed by atoms with van der Waals surface area (Å²) in [6.45, 7) is 3.75. The van der Waals surface area contributed by atoms with E-state index in [9.17, 15) is 9.90 Å². The fourth-order valence-electron chi connectivity index (χ4n) is 5.64. The van der Waals surface area contributed by atoms with E-state index in [0.717, 1.165) is 25.7 Å². The molecule has 5 fully saturated rings. The average Bonchev–Trinajstić information content (AvgIpc) is 2.50. The first-order valence-electron chi connectivity index (χ1n) is 6.77. The Hall–Kier alpha value is -0.570. The molecule has 94 valence electrons. The standard InChI is InChI=1S/C14H20O3/c1-9(2)10(15)17-14-6-11-3-12(11,7-14)5-13(16,4-11)8-14/h9,16H,3-8H2,1-2H3. The Balaban J connectivity index is 1.64. The molecule has 5 rings (SSSR count). The predicted molar refractivity (Wildman–Crippen MR) is 61.2 cm³/mol. The maximum absolute atomic E-state index is 11.8. The zero-order valence-electron chi connectivity index (χ0n) is 10.6. The van der Waals surface area contributed by atoms with Gasteiger partial charge in [-0.3, -0.25) is 4.79 Å². The largest absolute Gasteiger partial charge is 0.459 e. The van der Waals surface area contributed by atoms with Crippen LogP contribution in [-0.2, 0) is 9.53 Å². The summed E-state index contributed by atoms with van der Waals surface area (Å²) in [6.07, 6.45) is 5.90. The van der Waals surface area contributed by atoms with E-state index in [1.807, 2.05) is 13.8 Å². The molecule has 0 aromatic heterocycles. The van der Waals surface area contributed by atoms with Crippen LogP contribution in [0.4, 0.5) is 0 Å². The number of aliphatic hydroxyl groups is 1. The highest BCUT2D eigenvalue weighted by molar-refractivity contribution is 5.72. The van der Waals surface area contributed by atoms with Gasteiger partial charge in [0.2, 0.25) is 0 Å². The Morgan fingerprint density at radius 2 is 1.65 bits per heavy atom. The van der Waals surface area contributed by atoms with Crippen molar-refractivity contribution in [3.8, 4) is 0 Å². The molecule has 0 saturated heterocycles. The molecule has 0 aromatic rings. The van der Waals surface area contributed by atoms with Gasteiger partial charge in [0.1, 0.15) is 5.60 Å². The highest BCUT2D eigenvalue weighted by Crippen LogP contribution is 2.89. The third kappa shape index (κ3) is 1.05. The maximum atomic E-state index is 11.8. The second-order valence-corrected chi connectivity index (χ2v) is 7.60. The van der Waals surface area contributed by atoms with Gasteiger partial charge in [-0.05, 0) is 42.9 Å². The second-order valence-electron chi connectivity index (χ2n) is 7.60. The van der Waals surface area contributed by atoms with Gasteiger partial charge in [-0.2, -0.15) is 0 Å². The van der Waals surface area contributed by atoms with E-state index in [4.69, 9.17) is 4.74 Å². The van der Waals surface area contributed by atoms with Crippen molar-refractivity contribution in [1.82, 2.24) is 0 Å². The Morgan fingerprint density at radius 1 is 1.06 bits per heavy atom. The van der Waals surface area contributed by atoms with Gasteiger partial charge < -0.3 is 9.84 Å². The molecule has 17 heavy (non-hydrogen) atoms. The molecule has 2 spiro atoms. The van der Waals surface area contributed by atoms with E-state index in [1.54, 1.807) is 0 Å². The van der Waals surface area contributed by atoms with E-state index in [1.165, 1.54) is 6.42 Å². The average molecular weight is 236 g/mol. The molecule has 4 bridgehead atoms. The van der Waals surface area contributed by atoms with Crippen molar-refractivity contribution in [2.45, 2.75) is 63.6 Å². The quantitative estimate of drug-likeness (QED) is 0.746. The van der Waals surface area contributed by atoms with E-state index < -0.39 is 5.60 Å². The van der Waals surface area contributed by atoms with Gasteiger partial charge >= 0.3 is 5.97 Å². The topological polar surface area (TPSA) is 46.5 Å². The van der Waals surface area contributed by atoms with Crippen LogP contribution in [0, 0.1) is 16.7 Å². The summed E-state index contributed by atoms with van der Waals surface area (Å²) in [6, 6.07) is 0. The third-order valence-electron chi connectivity index (χ3n) is 5.77. The van der Waals surface area contributed by atoms with Crippen molar-refractivity contribution >= 4 is 5.97 Å². The number of carbonyl (C=O) groups is 1. The van der Waals surface area contributed by atoms with Crippen LogP contribution in [0.3, 0.4) is 0 Å². The van der Waals surface area contributed by atoms with Crippen molar-refractivity contribution in [2.75, 3.05) is 0 Å². The summed E-state index contributed by atoms with van der Waals surface area (Å²) in [4.78, 5) is 11.8. The first-order valence-corrected chi connectivity index (χ1v) is 6.77. The van der Waals surface area contributed by atoms with Gasteiger partial charge in [0.15, 0.2) is 0 Å². The van der Waals surface area contributed by atoms with E-state index in [0.29, 0.717) is 17.3 Å². The van der Waals surface area contributed by atoms with Crippen LogP contribution >= 0.6 is 0 Å². The van der Waals surface area contributed by atoms with Gasteiger partial charge in [-0.25, -0.2) is 0 Å². The number of ether oxygens (including phenoxy) is 1. The van der Waals surface area contributed by atoms with Crippen LogP contribution in [0.15, 0.2) is 0 Å². The van der Waals surface area contributed by atoms with Gasteiger partial charge in [0.05, 0.1) is 11.5 Å². The minimum absolute atomic E-state index is 0.0670. The number of carbonyl (C=O) groups excluding carboxylic acids is 1. The lowest BCUT2D eigenvalue weighted by Crippen LogP contribution is -2.51. The minimum Gasteiger partial charge on any atom is -0.459 e. The summed E-state index contributed by atoms with van der Waals surface area (Å²) in [5.74, 6) is -0.162. The van der Waals surface area contributed by atoms with Crippen molar-refractivity contribution in [3.63, 3.8) is 0 Å². The van der Waals surface area contributed by atoms with Crippen LogP contribution in [0.2, 0.25) is 0 Å². The summed E-state index contributed by atoms with van der Waals surface area (Å²) in [5.41, 5.74) is -0.147. The third-order valence-corrected chi connectivity index (χ3v) is 5.77. The van der Waals surface area contributed by atoms with Gasteiger partial charge in [-0.15, -0.1) is 0 Å². The molecule has 3 nitrogen and oxygen atoms in total. The molecular weight excluding hydrogens is 216 g/mol. The monoisotopic (exact) mass is 236 g/mol. The molecule has 2 atom stereocenters. The van der Waals surface area contributed by atoms with Crippen LogP contribution < -0.4 is 0 Å². The van der Waals surface area contributed by atoms with Crippen molar-refractivity contribution in [1.29, 1.82) is 0 Å². The summed E-state index contributed by atoms with van der Waals surface area (Å²) in [5, 5.41) is 10.5. The number of hydrogen-bond donors (Lipinski definition) is 1. The Labute approximate surface area is 102 Å². The molecule has 1 N–H and O–H groups in total. The molecule has 0 radical (unpaired) electrons. The fourth-order valence-corrected chi connectivity index (χ4v) is 5.64. The Morgan fingerprint density at radius 3 is 2.12 bits per heavy atom. The molecular formula is C14H20O3. The fraction of sp³-hybridized carbons (Fsp3) is 0.929. The first kappa shape index (κ1) is 10.4. The van der Waals surface area contributed by atoms with Crippen molar-refractivity contribution < 1.29 is 14.6 Å². The van der Waals surface area contributed by atoms with E-state index in [-0.39, 0.29) is 17.5 Å². The lowest BCUT2D eigenvalue weighted by molar-refractivity contribution is -0.185. The molecule has 2 unspecified atom stereocenters. The van der Waals surface area contributed by atoms with Crippen molar-refractivity contribution in [3.05, 3.63) is 0 Å². The molecule has 5 saturated carbocycles. The van der Waals surface area contributed by atoms with Gasteiger partial charge in [0.25, 0.3) is 0 Å². The molecule has 5 aliphatic rings. The van der Waals surface area contributed by atoms with E-state index in [2.05, 4.69) is 0 Å². The zero-order valence-corrected chi connectivity index (χ0v) is 10.6.